The van der Waals surface area contributed by atoms with E-state index in [9.17, 15) is 19.5 Å². The molecule has 230 valence electrons. The van der Waals surface area contributed by atoms with Crippen LogP contribution in [0, 0.1) is 18.3 Å². The van der Waals surface area contributed by atoms with Crippen molar-refractivity contribution in [3.8, 4) is 5.13 Å². The zero-order valence-electron chi connectivity index (χ0n) is 24.4. The van der Waals surface area contributed by atoms with E-state index in [0.717, 1.165) is 25.9 Å². The van der Waals surface area contributed by atoms with Gasteiger partial charge in [-0.3, -0.25) is 19.6 Å². The fourth-order valence-electron chi connectivity index (χ4n) is 4.91. The molecule has 2 saturated heterocycles. The van der Waals surface area contributed by atoms with E-state index in [1.807, 2.05) is 4.90 Å². The summed E-state index contributed by atoms with van der Waals surface area (Å²) in [6.07, 6.45) is 7.75. The summed E-state index contributed by atoms with van der Waals surface area (Å²) in [5.74, 6) is -0.435. The van der Waals surface area contributed by atoms with Crippen LogP contribution in [0.4, 0.5) is 5.82 Å². The Morgan fingerprint density at radius 3 is 2.58 bits per heavy atom. The molecule has 43 heavy (non-hydrogen) atoms. The Morgan fingerprint density at radius 1 is 1.28 bits per heavy atom. The Bertz CT molecular complexity index is 1570. The van der Waals surface area contributed by atoms with Crippen LogP contribution >= 0.6 is 11.3 Å². The molecule has 14 nitrogen and oxygen atoms in total. The van der Waals surface area contributed by atoms with E-state index < -0.39 is 11.4 Å². The van der Waals surface area contributed by atoms with Gasteiger partial charge in [-0.05, 0) is 44.2 Å². The number of aliphatic imine (C=N–C) groups is 1. The second-order valence-corrected chi connectivity index (χ2v) is 11.6. The second kappa shape index (κ2) is 13.7. The van der Waals surface area contributed by atoms with Gasteiger partial charge in [0.25, 0.3) is 0 Å². The molecule has 5 rings (SSSR count). The van der Waals surface area contributed by atoms with Crippen LogP contribution in [0.2, 0.25) is 0 Å². The zero-order chi connectivity index (χ0) is 31.3. The molecule has 5 heterocycles. The summed E-state index contributed by atoms with van der Waals surface area (Å²) in [7, 11) is 3.45. The van der Waals surface area contributed by atoms with E-state index in [0.29, 0.717) is 41.7 Å². The summed E-state index contributed by atoms with van der Waals surface area (Å²) in [6.45, 7) is 3.73. The number of rotatable bonds is 7. The molecule has 0 unspecified atom stereocenters. The minimum absolute atomic E-state index is 0.0306. The van der Waals surface area contributed by atoms with Gasteiger partial charge in [0.05, 0.1) is 17.4 Å². The van der Waals surface area contributed by atoms with Gasteiger partial charge in [0.2, 0.25) is 11.4 Å². The van der Waals surface area contributed by atoms with Gasteiger partial charge >= 0.3 is 5.97 Å². The van der Waals surface area contributed by atoms with Crippen LogP contribution in [0.15, 0.2) is 33.6 Å². The second-order valence-electron chi connectivity index (χ2n) is 10.7. The van der Waals surface area contributed by atoms with Crippen molar-refractivity contribution in [1.82, 2.24) is 19.4 Å². The molecule has 3 aromatic rings. The molecule has 6 N–H and O–H groups in total. The average Bonchev–Trinajstić information content (AvgIpc) is 3.46. The van der Waals surface area contributed by atoms with Gasteiger partial charge in [0, 0.05) is 58.0 Å². The topological polar surface area (TPSA) is 206 Å². The van der Waals surface area contributed by atoms with Crippen molar-refractivity contribution in [2.45, 2.75) is 45.1 Å². The van der Waals surface area contributed by atoms with Crippen LogP contribution in [0.25, 0.3) is 16.2 Å². The number of ether oxygens (including phenoxy) is 1. The number of aromatic nitrogens is 3. The number of carboxylic acids is 1. The number of nitrogens with zero attached hydrogens (tertiary/aromatic N) is 6. The molecule has 2 aliphatic rings. The van der Waals surface area contributed by atoms with Crippen molar-refractivity contribution >= 4 is 51.9 Å². The third-order valence-corrected chi connectivity index (χ3v) is 8.11. The molecule has 0 bridgehead atoms. The highest BCUT2D eigenvalue weighted by Gasteiger charge is 2.34. The highest BCUT2D eigenvalue weighted by atomic mass is 32.1. The first-order valence-electron chi connectivity index (χ1n) is 13.9. The maximum atomic E-state index is 12.9. The third-order valence-electron chi connectivity index (χ3n) is 7.34. The van der Waals surface area contributed by atoms with Crippen molar-refractivity contribution in [2.75, 3.05) is 38.7 Å². The number of hydrogen-bond donors (Lipinski definition) is 4. The number of thiazole rings is 1. The van der Waals surface area contributed by atoms with Gasteiger partial charge in [-0.15, -0.1) is 11.3 Å². The van der Waals surface area contributed by atoms with Crippen molar-refractivity contribution in [3.05, 3.63) is 45.2 Å². The smallest absolute Gasteiger partial charge is 0.341 e. The lowest BCUT2D eigenvalue weighted by molar-refractivity contribution is -0.124. The predicted octanol–water partition coefficient (Wildman–Crippen LogP) is 1.96. The number of aromatic carboxylic acids is 1. The Balaban J connectivity index is 0.000000410. The number of carboxylic acid groups (broad SMARTS) is 1. The van der Waals surface area contributed by atoms with E-state index >= 15 is 0 Å². The Morgan fingerprint density at radius 2 is 2.02 bits per heavy atom. The summed E-state index contributed by atoms with van der Waals surface area (Å²) in [4.78, 5) is 53.3. The third kappa shape index (κ3) is 7.53. The van der Waals surface area contributed by atoms with Gasteiger partial charge in [-0.25, -0.2) is 14.8 Å². The van der Waals surface area contributed by atoms with Crippen LogP contribution in [0.3, 0.4) is 0 Å². The minimum atomic E-state index is -1.29. The number of carbonyl (C=O) groups excluding carboxylic acids is 1. The standard InChI is InChI=1S/C24H26N4O5S.C4H11N5/c1-14-10-19(27-11-15(12-27)18(29)6-5-16-4-2-3-8-33-16)26-22-20(14)21(30)17(23(31)32)13-28(22)24-25-7-9-34-24;1-9(2)4(7)8-3(5)6/h7,9-10,13,15-16H,2-6,8,11-12H2,1H3,(H,31,32);1-2H3,(H5,5,6,7,8)/t16-;/m1./s1. The number of anilines is 1. The normalized spacial score (nSPS) is 17.1. The van der Waals surface area contributed by atoms with Crippen LogP contribution < -0.4 is 21.8 Å². The van der Waals surface area contributed by atoms with E-state index in [1.54, 1.807) is 48.1 Å². The quantitative estimate of drug-likeness (QED) is 0.224. The van der Waals surface area contributed by atoms with Gasteiger partial charge in [-0.1, -0.05) is 0 Å². The number of Topliss-reactive ketones (excluding diaryl/α,β-unsaturated/α-hetero) is 1. The van der Waals surface area contributed by atoms with Crippen molar-refractivity contribution in [3.63, 3.8) is 0 Å². The molecule has 1 atom stereocenters. The fourth-order valence-corrected chi connectivity index (χ4v) is 5.53. The maximum absolute atomic E-state index is 12.9. The molecule has 3 aromatic heterocycles. The van der Waals surface area contributed by atoms with Crippen molar-refractivity contribution in [2.24, 2.45) is 22.4 Å². The van der Waals surface area contributed by atoms with Gasteiger partial charge in [0.1, 0.15) is 17.2 Å². The monoisotopic (exact) mass is 611 g/mol. The van der Waals surface area contributed by atoms with E-state index in [1.165, 1.54) is 24.0 Å². The first kappa shape index (κ1) is 31.6. The van der Waals surface area contributed by atoms with Crippen molar-refractivity contribution < 1.29 is 19.4 Å². The summed E-state index contributed by atoms with van der Waals surface area (Å²) in [6, 6.07) is 1.79. The Kier molecular flexibility index (Phi) is 10.1. The molecule has 0 amide bonds. The first-order chi connectivity index (χ1) is 20.5. The van der Waals surface area contributed by atoms with E-state index in [-0.39, 0.29) is 40.7 Å². The highest BCUT2D eigenvalue weighted by Crippen LogP contribution is 2.30. The number of hydrogen-bond acceptors (Lipinski definition) is 9. The fraction of sp³-hybridized carbons (Fsp3) is 0.464. The molecule has 0 radical (unpaired) electrons. The number of fused-ring (bicyclic) bond motifs is 1. The number of nitrogens with one attached hydrogen (secondary N) is 1. The van der Waals surface area contributed by atoms with E-state index in [2.05, 4.69) is 9.98 Å². The van der Waals surface area contributed by atoms with Crippen LogP contribution in [-0.4, -0.2) is 88.1 Å². The number of pyridine rings is 2. The summed E-state index contributed by atoms with van der Waals surface area (Å²) in [5.41, 5.74) is 10.3. The summed E-state index contributed by atoms with van der Waals surface area (Å²) < 4.78 is 7.30. The van der Waals surface area contributed by atoms with Gasteiger partial charge in [-0.2, -0.15) is 4.99 Å². The van der Waals surface area contributed by atoms with Crippen molar-refractivity contribution in [1.29, 1.82) is 5.41 Å². The lowest BCUT2D eigenvalue weighted by Crippen LogP contribution is -2.51. The molecule has 15 heteroatoms. The molecular weight excluding hydrogens is 574 g/mol. The van der Waals surface area contributed by atoms with Crippen LogP contribution in [-0.2, 0) is 9.53 Å². The number of carbonyl (C=O) groups is 2. The zero-order valence-corrected chi connectivity index (χ0v) is 25.3. The predicted molar refractivity (Wildman–Crippen MR) is 165 cm³/mol. The molecule has 0 aromatic carbocycles. The minimum Gasteiger partial charge on any atom is -0.477 e. The maximum Gasteiger partial charge on any atom is 0.341 e. The molecule has 0 aliphatic carbocycles. The Labute approximate surface area is 252 Å². The lowest BCUT2D eigenvalue weighted by Gasteiger charge is -2.39. The molecule has 0 spiro atoms. The number of nitrogens with two attached hydrogens (primary N) is 2. The summed E-state index contributed by atoms with van der Waals surface area (Å²) >= 11 is 1.33. The number of guanidine groups is 2. The average molecular weight is 612 g/mol. The largest absolute Gasteiger partial charge is 0.477 e. The molecule has 2 aliphatic heterocycles. The molecular formula is C28H37N9O5S. The van der Waals surface area contributed by atoms with Gasteiger partial charge < -0.3 is 31.1 Å². The number of ketones is 1. The Hall–Kier alpha value is -4.37. The van der Waals surface area contributed by atoms with Crippen LogP contribution in [0.1, 0.15) is 48.0 Å². The summed E-state index contributed by atoms with van der Waals surface area (Å²) in [5, 5.41) is 18.8. The molecule has 0 saturated carbocycles. The SMILES string of the molecule is CN(C)C(N)=NC(=N)N.Cc1cc(N2CC(C(=O)CC[C@H]3CCCCO3)C2)nc2c1c(=O)c(C(=O)O)cn2-c1nccs1. The van der Waals surface area contributed by atoms with E-state index in [4.69, 9.17) is 26.6 Å². The van der Waals surface area contributed by atoms with Gasteiger partial charge in [0.15, 0.2) is 16.7 Å². The molecule has 2 fully saturated rings. The highest BCUT2D eigenvalue weighted by molar-refractivity contribution is 7.12. The lowest BCUT2D eigenvalue weighted by atomic mass is 9.90. The first-order valence-corrected chi connectivity index (χ1v) is 14.8. The number of aryl methyl sites for hydroxylation is 1. The van der Waals surface area contributed by atoms with Crippen LogP contribution in [0.5, 0.6) is 0 Å².